The van der Waals surface area contributed by atoms with Crippen molar-refractivity contribution in [2.24, 2.45) is 5.92 Å². The van der Waals surface area contributed by atoms with Crippen molar-refractivity contribution >= 4 is 5.69 Å². The molecule has 0 spiro atoms. The Kier molecular flexibility index (Phi) is 6.61. The molecule has 1 atom stereocenters. The van der Waals surface area contributed by atoms with E-state index in [1.165, 1.54) is 0 Å². The Morgan fingerprint density at radius 1 is 1.30 bits per heavy atom. The number of likely N-dealkylation sites (N-methyl/N-ethyl adjacent to an activating group) is 1. The molecular formula is C15H25N3O2. The fourth-order valence-electron chi connectivity index (χ4n) is 2.32. The van der Waals surface area contributed by atoms with Gasteiger partial charge in [0.05, 0.1) is 4.92 Å². The summed E-state index contributed by atoms with van der Waals surface area (Å²) in [6.07, 6.45) is 1.05. The topological polar surface area (TPSA) is 58.4 Å². The number of nitrogens with zero attached hydrogens (tertiary/aromatic N) is 2. The average molecular weight is 279 g/mol. The van der Waals surface area contributed by atoms with Crippen LogP contribution in [-0.2, 0) is 6.54 Å². The van der Waals surface area contributed by atoms with Crippen molar-refractivity contribution in [2.45, 2.75) is 32.9 Å². The number of rotatable bonds is 8. The van der Waals surface area contributed by atoms with Gasteiger partial charge in [0.1, 0.15) is 0 Å². The third-order valence-corrected chi connectivity index (χ3v) is 3.11. The summed E-state index contributed by atoms with van der Waals surface area (Å²) < 4.78 is 0. The number of para-hydroxylation sites is 1. The molecule has 1 rings (SSSR count). The van der Waals surface area contributed by atoms with E-state index in [1.54, 1.807) is 12.1 Å². The molecule has 5 nitrogen and oxygen atoms in total. The van der Waals surface area contributed by atoms with Crippen molar-refractivity contribution < 1.29 is 4.92 Å². The van der Waals surface area contributed by atoms with Gasteiger partial charge in [0.15, 0.2) is 0 Å². The molecule has 0 saturated carbocycles. The third-order valence-electron chi connectivity index (χ3n) is 3.11. The zero-order chi connectivity index (χ0) is 15.1. The molecule has 112 valence electrons. The molecule has 20 heavy (non-hydrogen) atoms. The summed E-state index contributed by atoms with van der Waals surface area (Å²) in [5.41, 5.74) is 0.929. The van der Waals surface area contributed by atoms with Crippen LogP contribution in [0.2, 0.25) is 0 Å². The van der Waals surface area contributed by atoms with Crippen LogP contribution in [0, 0.1) is 16.0 Å². The molecule has 1 aromatic rings. The molecule has 0 aliphatic heterocycles. The molecule has 0 bridgehead atoms. The smallest absolute Gasteiger partial charge is 0.273 e. The van der Waals surface area contributed by atoms with E-state index in [4.69, 9.17) is 0 Å². The van der Waals surface area contributed by atoms with Crippen molar-refractivity contribution in [1.82, 2.24) is 10.2 Å². The van der Waals surface area contributed by atoms with Crippen LogP contribution in [0.3, 0.4) is 0 Å². The SMILES string of the molecule is CC(C)CC(CN(C)C)NCc1ccccc1[N+](=O)[O-]. The van der Waals surface area contributed by atoms with Crippen molar-refractivity contribution in [1.29, 1.82) is 0 Å². The standard InChI is InChI=1S/C15H25N3O2/c1-12(2)9-14(11-17(3)4)16-10-13-7-5-6-8-15(13)18(19)20/h5-8,12,14,16H,9-11H2,1-4H3. The van der Waals surface area contributed by atoms with E-state index < -0.39 is 0 Å². The normalized spacial score (nSPS) is 12.9. The van der Waals surface area contributed by atoms with E-state index >= 15 is 0 Å². The van der Waals surface area contributed by atoms with Crippen molar-refractivity contribution in [3.8, 4) is 0 Å². The maximum atomic E-state index is 11.0. The van der Waals surface area contributed by atoms with E-state index in [0.717, 1.165) is 18.5 Å². The maximum absolute atomic E-state index is 11.0. The molecule has 1 aromatic carbocycles. The lowest BCUT2D eigenvalue weighted by Gasteiger charge is -2.24. The van der Waals surface area contributed by atoms with Gasteiger partial charge < -0.3 is 10.2 Å². The molecule has 0 aliphatic carbocycles. The highest BCUT2D eigenvalue weighted by Gasteiger charge is 2.15. The van der Waals surface area contributed by atoms with Gasteiger partial charge in [-0.2, -0.15) is 0 Å². The van der Waals surface area contributed by atoms with Crippen LogP contribution in [0.4, 0.5) is 5.69 Å². The Morgan fingerprint density at radius 3 is 2.50 bits per heavy atom. The minimum atomic E-state index is -0.319. The second-order valence-corrected chi connectivity index (χ2v) is 5.86. The van der Waals surface area contributed by atoms with E-state index in [1.807, 2.05) is 26.2 Å². The number of hydrogen-bond donors (Lipinski definition) is 1. The van der Waals surface area contributed by atoms with Gasteiger partial charge in [0.25, 0.3) is 5.69 Å². The van der Waals surface area contributed by atoms with E-state index in [-0.39, 0.29) is 10.6 Å². The Bertz CT molecular complexity index is 423. The minimum absolute atomic E-state index is 0.188. The van der Waals surface area contributed by atoms with Crippen LogP contribution < -0.4 is 5.32 Å². The quantitative estimate of drug-likeness (QED) is 0.587. The van der Waals surface area contributed by atoms with Crippen LogP contribution in [0.5, 0.6) is 0 Å². The zero-order valence-electron chi connectivity index (χ0n) is 12.8. The highest BCUT2D eigenvalue weighted by atomic mass is 16.6. The Hall–Kier alpha value is -1.46. The lowest BCUT2D eigenvalue weighted by Crippen LogP contribution is -2.38. The molecule has 0 heterocycles. The van der Waals surface area contributed by atoms with Crippen LogP contribution in [0.1, 0.15) is 25.8 Å². The molecule has 1 unspecified atom stereocenters. The number of nitrogens with one attached hydrogen (secondary N) is 1. The summed E-state index contributed by atoms with van der Waals surface area (Å²) in [5, 5.41) is 14.4. The van der Waals surface area contributed by atoms with Crippen molar-refractivity contribution in [2.75, 3.05) is 20.6 Å². The second kappa shape index (κ2) is 7.97. The highest BCUT2D eigenvalue weighted by Crippen LogP contribution is 2.18. The number of nitro benzene ring substituents is 1. The second-order valence-electron chi connectivity index (χ2n) is 5.86. The predicted octanol–water partition coefficient (Wildman–Crippen LogP) is 2.66. The van der Waals surface area contributed by atoms with E-state index in [9.17, 15) is 10.1 Å². The van der Waals surface area contributed by atoms with Gasteiger partial charge >= 0.3 is 0 Å². The van der Waals surface area contributed by atoms with E-state index in [2.05, 4.69) is 24.1 Å². The maximum Gasteiger partial charge on any atom is 0.273 e. The molecule has 0 saturated heterocycles. The van der Waals surface area contributed by atoms with Crippen LogP contribution in [0.15, 0.2) is 24.3 Å². The van der Waals surface area contributed by atoms with E-state index in [0.29, 0.717) is 18.5 Å². The summed E-state index contributed by atoms with van der Waals surface area (Å²) in [4.78, 5) is 12.8. The first-order valence-corrected chi connectivity index (χ1v) is 7.00. The monoisotopic (exact) mass is 279 g/mol. The van der Waals surface area contributed by atoms with Gasteiger partial charge in [-0.1, -0.05) is 32.0 Å². The minimum Gasteiger partial charge on any atom is -0.308 e. The van der Waals surface area contributed by atoms with Crippen molar-refractivity contribution in [3.05, 3.63) is 39.9 Å². The predicted molar refractivity (Wildman–Crippen MR) is 81.7 cm³/mol. The number of hydrogen-bond acceptors (Lipinski definition) is 4. The largest absolute Gasteiger partial charge is 0.308 e. The molecular weight excluding hydrogens is 254 g/mol. The lowest BCUT2D eigenvalue weighted by atomic mass is 10.0. The van der Waals surface area contributed by atoms with Gasteiger partial charge in [-0.3, -0.25) is 10.1 Å². The van der Waals surface area contributed by atoms with Crippen LogP contribution in [-0.4, -0.2) is 36.5 Å². The van der Waals surface area contributed by atoms with Gasteiger partial charge in [-0.05, 0) is 26.4 Å². The fraction of sp³-hybridized carbons (Fsp3) is 0.600. The number of benzene rings is 1. The molecule has 0 aromatic heterocycles. The van der Waals surface area contributed by atoms with Crippen molar-refractivity contribution in [3.63, 3.8) is 0 Å². The van der Waals surface area contributed by atoms with Gasteiger partial charge in [-0.15, -0.1) is 0 Å². The molecule has 0 fully saturated rings. The first-order chi connectivity index (χ1) is 9.40. The Labute approximate surface area is 121 Å². The molecule has 0 radical (unpaired) electrons. The summed E-state index contributed by atoms with van der Waals surface area (Å²) in [5.74, 6) is 0.596. The summed E-state index contributed by atoms with van der Waals surface area (Å²) in [7, 11) is 4.08. The van der Waals surface area contributed by atoms with Crippen LogP contribution in [0.25, 0.3) is 0 Å². The van der Waals surface area contributed by atoms with Gasteiger partial charge in [0, 0.05) is 30.8 Å². The first kappa shape index (κ1) is 16.6. The average Bonchev–Trinajstić information content (AvgIpc) is 2.34. The first-order valence-electron chi connectivity index (χ1n) is 7.00. The number of nitro groups is 1. The zero-order valence-corrected chi connectivity index (χ0v) is 12.8. The Balaban J connectivity index is 2.69. The third kappa shape index (κ3) is 5.67. The highest BCUT2D eigenvalue weighted by molar-refractivity contribution is 5.39. The summed E-state index contributed by atoms with van der Waals surface area (Å²) in [6, 6.07) is 7.25. The van der Waals surface area contributed by atoms with Gasteiger partial charge in [-0.25, -0.2) is 0 Å². The van der Waals surface area contributed by atoms with Crippen LogP contribution >= 0.6 is 0 Å². The summed E-state index contributed by atoms with van der Waals surface area (Å²) >= 11 is 0. The Morgan fingerprint density at radius 2 is 1.95 bits per heavy atom. The molecule has 0 amide bonds. The summed E-state index contributed by atoms with van der Waals surface area (Å²) in [6.45, 7) is 5.84. The molecule has 5 heteroatoms. The molecule has 1 N–H and O–H groups in total. The lowest BCUT2D eigenvalue weighted by molar-refractivity contribution is -0.385. The molecule has 0 aliphatic rings. The van der Waals surface area contributed by atoms with Gasteiger partial charge in [0.2, 0.25) is 0 Å². The fourth-order valence-corrected chi connectivity index (χ4v) is 2.32.